The lowest BCUT2D eigenvalue weighted by Crippen LogP contribution is -2.29. The van der Waals surface area contributed by atoms with Crippen molar-refractivity contribution in [2.45, 2.75) is 44.4 Å². The lowest BCUT2D eigenvalue weighted by atomic mass is 9.89. The van der Waals surface area contributed by atoms with Gasteiger partial charge in [-0.3, -0.25) is 4.79 Å². The Morgan fingerprint density at radius 2 is 2.12 bits per heavy atom. The third kappa shape index (κ3) is 4.15. The van der Waals surface area contributed by atoms with Gasteiger partial charge in [-0.2, -0.15) is 4.98 Å². The Morgan fingerprint density at radius 1 is 1.33 bits per heavy atom. The second-order valence-corrected chi connectivity index (χ2v) is 6.81. The summed E-state index contributed by atoms with van der Waals surface area (Å²) in [4.78, 5) is 18.5. The fraction of sp³-hybridized carbons (Fsp3) is 0.500. The monoisotopic (exact) mass is 347 g/mol. The summed E-state index contributed by atoms with van der Waals surface area (Å²) in [6.07, 6.45) is 6.62. The molecule has 3 rings (SSSR count). The molecule has 1 aromatic carbocycles. The van der Waals surface area contributed by atoms with Crippen molar-refractivity contribution in [1.82, 2.24) is 15.0 Å². The molecule has 2 aromatic rings. The van der Waals surface area contributed by atoms with Crippen molar-refractivity contribution in [1.29, 1.82) is 0 Å². The quantitative estimate of drug-likeness (QED) is 0.817. The first kappa shape index (κ1) is 17.0. The number of hydrogen-bond acceptors (Lipinski definition) is 4. The van der Waals surface area contributed by atoms with Gasteiger partial charge < -0.3 is 9.42 Å². The van der Waals surface area contributed by atoms with Crippen LogP contribution in [0.2, 0.25) is 5.02 Å². The molecule has 0 spiro atoms. The number of amides is 1. The molecule has 1 aromatic heterocycles. The number of aromatic nitrogens is 2. The Kier molecular flexibility index (Phi) is 5.51. The van der Waals surface area contributed by atoms with E-state index in [0.717, 1.165) is 18.7 Å². The Hall–Kier alpha value is -1.88. The van der Waals surface area contributed by atoms with Crippen LogP contribution in [0.4, 0.5) is 0 Å². The van der Waals surface area contributed by atoms with Crippen LogP contribution in [-0.4, -0.2) is 34.5 Å². The molecule has 0 aliphatic heterocycles. The Balaban J connectivity index is 1.55. The molecule has 1 aliphatic rings. The molecule has 1 aliphatic carbocycles. The van der Waals surface area contributed by atoms with Gasteiger partial charge >= 0.3 is 0 Å². The van der Waals surface area contributed by atoms with Gasteiger partial charge in [0.2, 0.25) is 5.89 Å². The van der Waals surface area contributed by atoms with E-state index in [1.807, 2.05) is 0 Å². The fourth-order valence-electron chi connectivity index (χ4n) is 3.10. The molecule has 0 atom stereocenters. The molecule has 0 N–H and O–H groups in total. The van der Waals surface area contributed by atoms with Gasteiger partial charge in [0.1, 0.15) is 0 Å². The van der Waals surface area contributed by atoms with Crippen LogP contribution >= 0.6 is 11.6 Å². The highest BCUT2D eigenvalue weighted by atomic mass is 35.5. The molecule has 1 fully saturated rings. The summed E-state index contributed by atoms with van der Waals surface area (Å²) < 4.78 is 5.42. The number of carbonyl (C=O) groups is 1. The average Bonchev–Trinajstić information content (AvgIpc) is 3.09. The predicted octanol–water partition coefficient (Wildman–Crippen LogP) is 4.09. The van der Waals surface area contributed by atoms with Crippen LogP contribution in [0.1, 0.15) is 60.1 Å². The van der Waals surface area contributed by atoms with Crippen LogP contribution in [-0.2, 0) is 6.42 Å². The molecule has 0 bridgehead atoms. The normalized spacial score (nSPS) is 15.4. The van der Waals surface area contributed by atoms with E-state index in [-0.39, 0.29) is 5.91 Å². The van der Waals surface area contributed by atoms with Gasteiger partial charge in [-0.05, 0) is 31.0 Å². The largest absolute Gasteiger partial charge is 0.341 e. The first-order chi connectivity index (χ1) is 11.6. The van der Waals surface area contributed by atoms with Crippen molar-refractivity contribution in [2.24, 2.45) is 0 Å². The fourth-order valence-corrected chi connectivity index (χ4v) is 3.29. The van der Waals surface area contributed by atoms with Crippen LogP contribution < -0.4 is 0 Å². The molecule has 1 saturated carbocycles. The summed E-state index contributed by atoms with van der Waals surface area (Å²) in [5.74, 6) is 1.77. The van der Waals surface area contributed by atoms with Crippen LogP contribution in [0.15, 0.2) is 28.8 Å². The highest BCUT2D eigenvalue weighted by Crippen LogP contribution is 2.31. The molecular weight excluding hydrogens is 326 g/mol. The van der Waals surface area contributed by atoms with Crippen LogP contribution in [0.3, 0.4) is 0 Å². The Bertz CT molecular complexity index is 695. The second-order valence-electron chi connectivity index (χ2n) is 6.37. The number of benzene rings is 1. The van der Waals surface area contributed by atoms with Crippen molar-refractivity contribution >= 4 is 17.5 Å². The molecule has 1 amide bonds. The number of carbonyl (C=O) groups excluding carboxylic acids is 1. The topological polar surface area (TPSA) is 59.2 Å². The standard InChI is InChI=1S/C18H22ClN3O2/c1-22(18(23)14-8-5-9-15(19)12-14)11-10-16-20-17(24-21-16)13-6-3-2-4-7-13/h5,8-9,12-13H,2-4,6-7,10-11H2,1H3. The zero-order chi connectivity index (χ0) is 16.9. The SMILES string of the molecule is CN(CCc1noc(C2CCCCC2)n1)C(=O)c1cccc(Cl)c1. The van der Waals surface area contributed by atoms with Crippen molar-refractivity contribution in [3.63, 3.8) is 0 Å². The minimum atomic E-state index is -0.0616. The molecule has 128 valence electrons. The highest BCUT2D eigenvalue weighted by Gasteiger charge is 2.21. The van der Waals surface area contributed by atoms with E-state index in [2.05, 4.69) is 10.1 Å². The summed E-state index contributed by atoms with van der Waals surface area (Å²) in [5.41, 5.74) is 0.584. The maximum absolute atomic E-state index is 12.4. The van der Waals surface area contributed by atoms with Crippen LogP contribution in [0, 0.1) is 0 Å². The molecule has 5 nitrogen and oxygen atoms in total. The number of halogens is 1. The summed E-state index contributed by atoms with van der Waals surface area (Å²) in [6.45, 7) is 0.537. The molecule has 0 saturated heterocycles. The Labute approximate surface area is 147 Å². The summed E-state index contributed by atoms with van der Waals surface area (Å²) in [6, 6.07) is 6.97. The zero-order valence-electron chi connectivity index (χ0n) is 13.9. The lowest BCUT2D eigenvalue weighted by Gasteiger charge is -2.17. The number of likely N-dealkylation sites (N-methyl/N-ethyl adjacent to an activating group) is 1. The van der Waals surface area contributed by atoms with E-state index in [0.29, 0.717) is 35.3 Å². The van der Waals surface area contributed by atoms with E-state index in [9.17, 15) is 4.79 Å². The second kappa shape index (κ2) is 7.79. The third-order valence-corrected chi connectivity index (χ3v) is 4.76. The number of rotatable bonds is 5. The van der Waals surface area contributed by atoms with Crippen molar-refractivity contribution in [3.05, 3.63) is 46.6 Å². The first-order valence-electron chi connectivity index (χ1n) is 8.47. The zero-order valence-corrected chi connectivity index (χ0v) is 14.6. The molecule has 0 radical (unpaired) electrons. The summed E-state index contributed by atoms with van der Waals surface area (Å²) >= 11 is 5.94. The van der Waals surface area contributed by atoms with Crippen LogP contribution in [0.5, 0.6) is 0 Å². The maximum Gasteiger partial charge on any atom is 0.253 e. The van der Waals surface area contributed by atoms with Crippen molar-refractivity contribution in [2.75, 3.05) is 13.6 Å². The summed E-state index contributed by atoms with van der Waals surface area (Å²) in [7, 11) is 1.77. The van der Waals surface area contributed by atoms with Gasteiger partial charge in [0.05, 0.1) is 0 Å². The Morgan fingerprint density at radius 3 is 2.88 bits per heavy atom. The number of nitrogens with zero attached hydrogens (tertiary/aromatic N) is 3. The minimum Gasteiger partial charge on any atom is -0.341 e. The number of hydrogen-bond donors (Lipinski definition) is 0. The predicted molar refractivity (Wildman–Crippen MR) is 92.2 cm³/mol. The van der Waals surface area contributed by atoms with E-state index < -0.39 is 0 Å². The molecule has 0 unspecified atom stereocenters. The van der Waals surface area contributed by atoms with Crippen LogP contribution in [0.25, 0.3) is 0 Å². The molecule has 1 heterocycles. The van der Waals surface area contributed by atoms with E-state index in [4.69, 9.17) is 16.1 Å². The van der Waals surface area contributed by atoms with Gasteiger partial charge in [0, 0.05) is 36.5 Å². The van der Waals surface area contributed by atoms with Gasteiger partial charge in [-0.25, -0.2) is 0 Å². The van der Waals surface area contributed by atoms with Gasteiger partial charge in [-0.15, -0.1) is 0 Å². The van der Waals surface area contributed by atoms with Crippen molar-refractivity contribution in [3.8, 4) is 0 Å². The highest BCUT2D eigenvalue weighted by molar-refractivity contribution is 6.30. The van der Waals surface area contributed by atoms with Gasteiger partial charge in [-0.1, -0.05) is 42.1 Å². The van der Waals surface area contributed by atoms with Gasteiger partial charge in [0.25, 0.3) is 5.91 Å². The van der Waals surface area contributed by atoms with Gasteiger partial charge in [0.15, 0.2) is 5.82 Å². The molecular formula is C18H22ClN3O2. The van der Waals surface area contributed by atoms with E-state index in [1.165, 1.54) is 19.3 Å². The smallest absolute Gasteiger partial charge is 0.253 e. The molecule has 24 heavy (non-hydrogen) atoms. The first-order valence-corrected chi connectivity index (χ1v) is 8.85. The van der Waals surface area contributed by atoms with E-state index >= 15 is 0 Å². The van der Waals surface area contributed by atoms with E-state index in [1.54, 1.807) is 36.2 Å². The lowest BCUT2D eigenvalue weighted by molar-refractivity contribution is 0.0796. The molecule has 6 heteroatoms. The maximum atomic E-state index is 12.4. The third-order valence-electron chi connectivity index (χ3n) is 4.53. The summed E-state index contributed by atoms with van der Waals surface area (Å²) in [5, 5.41) is 4.62. The average molecular weight is 348 g/mol. The van der Waals surface area contributed by atoms with Crippen molar-refractivity contribution < 1.29 is 9.32 Å². The minimum absolute atomic E-state index is 0.0616.